The maximum Gasteiger partial charge on any atom is 0.490 e. The van der Waals surface area contributed by atoms with Gasteiger partial charge in [0.15, 0.2) is 0 Å². The lowest BCUT2D eigenvalue weighted by Gasteiger charge is -2.20. The summed E-state index contributed by atoms with van der Waals surface area (Å²) in [7, 11) is 0. The van der Waals surface area contributed by atoms with E-state index in [2.05, 4.69) is 20.7 Å². The molecule has 0 saturated carbocycles. The number of carbonyl (C=O) groups is 3. The number of alkyl carbamates (subject to hydrolysis) is 1. The van der Waals surface area contributed by atoms with Gasteiger partial charge in [0.1, 0.15) is 12.7 Å². The van der Waals surface area contributed by atoms with Crippen LogP contribution in [0.15, 0.2) is 24.3 Å². The number of nitrogens with one attached hydrogen (secondary N) is 3. The fourth-order valence-corrected chi connectivity index (χ4v) is 2.76. The van der Waals surface area contributed by atoms with Crippen molar-refractivity contribution in [1.29, 1.82) is 0 Å². The van der Waals surface area contributed by atoms with Crippen LogP contribution in [0, 0.1) is 10.1 Å². The molecule has 1 aliphatic rings. The number of nitro groups is 1. The summed E-state index contributed by atoms with van der Waals surface area (Å²) in [6.07, 6.45) is -7.84. The average molecular weight is 462 g/mol. The monoisotopic (exact) mass is 462 g/mol. The van der Waals surface area contributed by atoms with Crippen molar-refractivity contribution in [3.8, 4) is 0 Å². The number of hydrogen-bond acceptors (Lipinski definition) is 8. The maximum atomic E-state index is 12.5. The Bertz CT molecular complexity index is 827. The van der Waals surface area contributed by atoms with Crippen molar-refractivity contribution in [1.82, 2.24) is 16.0 Å². The summed E-state index contributed by atoms with van der Waals surface area (Å²) in [5, 5.41) is 18.3. The Labute approximate surface area is 179 Å². The van der Waals surface area contributed by atoms with Crippen LogP contribution in [0.3, 0.4) is 0 Å². The lowest BCUT2D eigenvalue weighted by atomic mass is 10.2. The molecule has 1 fully saturated rings. The lowest BCUT2D eigenvalue weighted by Crippen LogP contribution is -2.43. The summed E-state index contributed by atoms with van der Waals surface area (Å²) in [6, 6.07) is 4.95. The number of amides is 2. The first-order valence-electron chi connectivity index (χ1n) is 9.46. The largest absolute Gasteiger partial charge is 0.490 e. The molecule has 0 bridgehead atoms. The first kappa shape index (κ1) is 24.8. The van der Waals surface area contributed by atoms with Crippen LogP contribution in [-0.2, 0) is 25.7 Å². The Hall–Kier alpha value is -3.42. The minimum Gasteiger partial charge on any atom is -0.453 e. The zero-order valence-electron chi connectivity index (χ0n) is 16.6. The molecule has 1 aromatic carbocycles. The van der Waals surface area contributed by atoms with Gasteiger partial charge in [0.05, 0.1) is 17.9 Å². The van der Waals surface area contributed by atoms with E-state index in [1.807, 2.05) is 0 Å². The number of carbonyl (C=O) groups excluding carboxylic acids is 3. The Morgan fingerprint density at radius 1 is 1.25 bits per heavy atom. The minimum absolute atomic E-state index is 0.154. The van der Waals surface area contributed by atoms with Gasteiger partial charge in [-0.05, 0) is 30.7 Å². The van der Waals surface area contributed by atoms with Crippen LogP contribution in [0.2, 0.25) is 0 Å². The van der Waals surface area contributed by atoms with Crippen molar-refractivity contribution in [2.24, 2.45) is 0 Å². The molecule has 0 aliphatic carbocycles. The number of esters is 1. The average Bonchev–Trinajstić information content (AvgIpc) is 3.22. The fraction of sp³-hybridized carbons (Fsp3) is 0.500. The van der Waals surface area contributed by atoms with Crippen LogP contribution in [0.4, 0.5) is 23.7 Å². The van der Waals surface area contributed by atoms with Gasteiger partial charge in [-0.2, -0.15) is 13.2 Å². The molecule has 0 aromatic heterocycles. The van der Waals surface area contributed by atoms with Gasteiger partial charge in [-0.1, -0.05) is 0 Å². The van der Waals surface area contributed by atoms with Crippen LogP contribution in [-0.4, -0.2) is 60.8 Å². The highest BCUT2D eigenvalue weighted by molar-refractivity contribution is 5.79. The number of nitro benzene ring substituents is 1. The number of benzene rings is 1. The Morgan fingerprint density at radius 2 is 1.94 bits per heavy atom. The fourth-order valence-electron chi connectivity index (χ4n) is 2.76. The van der Waals surface area contributed by atoms with E-state index < -0.39 is 48.1 Å². The summed E-state index contributed by atoms with van der Waals surface area (Å²) >= 11 is 0. The molecule has 1 aromatic rings. The molecule has 1 heterocycles. The smallest absolute Gasteiger partial charge is 0.453 e. The van der Waals surface area contributed by atoms with Crippen LogP contribution in [0.1, 0.15) is 18.4 Å². The second-order valence-electron chi connectivity index (χ2n) is 6.87. The van der Waals surface area contributed by atoms with Crippen LogP contribution >= 0.6 is 0 Å². The third-order valence-electron chi connectivity index (χ3n) is 4.33. The van der Waals surface area contributed by atoms with Crippen molar-refractivity contribution in [3.05, 3.63) is 39.9 Å². The number of non-ortho nitro benzene ring substituents is 1. The van der Waals surface area contributed by atoms with E-state index in [1.54, 1.807) is 0 Å². The van der Waals surface area contributed by atoms with Gasteiger partial charge in [-0.25, -0.2) is 9.59 Å². The van der Waals surface area contributed by atoms with Crippen LogP contribution in [0.25, 0.3) is 0 Å². The maximum absolute atomic E-state index is 12.5. The van der Waals surface area contributed by atoms with E-state index in [4.69, 9.17) is 4.74 Å². The van der Waals surface area contributed by atoms with Gasteiger partial charge >= 0.3 is 18.2 Å². The minimum atomic E-state index is -5.26. The molecule has 11 nitrogen and oxygen atoms in total. The molecule has 2 rings (SSSR count). The molecule has 176 valence electrons. The zero-order valence-corrected chi connectivity index (χ0v) is 16.6. The first-order chi connectivity index (χ1) is 15.0. The van der Waals surface area contributed by atoms with E-state index in [1.165, 1.54) is 24.3 Å². The molecule has 0 radical (unpaired) electrons. The van der Waals surface area contributed by atoms with Crippen molar-refractivity contribution in [3.63, 3.8) is 0 Å². The van der Waals surface area contributed by atoms with Gasteiger partial charge in [0.2, 0.25) is 5.91 Å². The van der Waals surface area contributed by atoms with E-state index >= 15 is 0 Å². The van der Waals surface area contributed by atoms with Crippen molar-refractivity contribution in [2.75, 3.05) is 19.6 Å². The van der Waals surface area contributed by atoms with Gasteiger partial charge < -0.3 is 25.4 Å². The summed E-state index contributed by atoms with van der Waals surface area (Å²) < 4.78 is 46.8. The third kappa shape index (κ3) is 8.37. The Kier molecular flexibility index (Phi) is 8.75. The molecule has 32 heavy (non-hydrogen) atoms. The first-order valence-corrected chi connectivity index (χ1v) is 9.46. The van der Waals surface area contributed by atoms with Crippen LogP contribution in [0.5, 0.6) is 0 Å². The molecule has 1 unspecified atom stereocenters. The molecule has 1 saturated heterocycles. The summed E-state index contributed by atoms with van der Waals surface area (Å²) in [5.74, 6) is -3.13. The Balaban J connectivity index is 1.86. The number of hydrogen-bond donors (Lipinski definition) is 3. The molecule has 3 N–H and O–H groups in total. The Morgan fingerprint density at radius 3 is 2.50 bits per heavy atom. The van der Waals surface area contributed by atoms with Gasteiger partial charge in [0.25, 0.3) is 5.69 Å². The third-order valence-corrected chi connectivity index (χ3v) is 4.33. The molecule has 0 spiro atoms. The molecule has 2 atom stereocenters. The van der Waals surface area contributed by atoms with Crippen LogP contribution < -0.4 is 16.0 Å². The van der Waals surface area contributed by atoms with E-state index in [-0.39, 0.29) is 18.3 Å². The van der Waals surface area contributed by atoms with Crippen molar-refractivity contribution >= 4 is 23.7 Å². The predicted molar refractivity (Wildman–Crippen MR) is 101 cm³/mol. The van der Waals surface area contributed by atoms with Gasteiger partial charge in [-0.15, -0.1) is 0 Å². The van der Waals surface area contributed by atoms with Gasteiger partial charge in [-0.3, -0.25) is 14.9 Å². The highest BCUT2D eigenvalue weighted by Gasteiger charge is 2.42. The number of rotatable bonds is 9. The van der Waals surface area contributed by atoms with E-state index in [0.29, 0.717) is 25.1 Å². The standard InChI is InChI=1S/C18H21F3N4O7/c19-18(20,21)16(27)32-14(7-15(26)24-12-5-6-22-8-12)9-23-17(28)31-10-11-1-3-13(4-2-11)25(29)30/h1-4,12,14,22H,5-10H2,(H,23,28)(H,24,26)/t12-,14?/m0/s1. The highest BCUT2D eigenvalue weighted by Crippen LogP contribution is 2.18. The van der Waals surface area contributed by atoms with Crippen molar-refractivity contribution in [2.45, 2.75) is 37.8 Å². The normalized spacial score (nSPS) is 16.7. The second-order valence-corrected chi connectivity index (χ2v) is 6.87. The summed E-state index contributed by atoms with van der Waals surface area (Å²) in [5.41, 5.74) is 0.273. The number of nitrogens with zero attached hydrogens (tertiary/aromatic N) is 1. The zero-order chi connectivity index (χ0) is 23.7. The van der Waals surface area contributed by atoms with Crippen molar-refractivity contribution < 1.29 is 42.0 Å². The van der Waals surface area contributed by atoms with E-state index in [9.17, 15) is 37.7 Å². The summed E-state index contributed by atoms with van der Waals surface area (Å²) in [6.45, 7) is 0.314. The number of alkyl halides is 3. The number of halogens is 3. The molecule has 14 heteroatoms. The number of ether oxygens (including phenoxy) is 2. The van der Waals surface area contributed by atoms with Gasteiger partial charge in [0, 0.05) is 24.7 Å². The molecular weight excluding hydrogens is 441 g/mol. The molecule has 2 amide bonds. The summed E-state index contributed by atoms with van der Waals surface area (Å²) in [4.78, 5) is 45.1. The quantitative estimate of drug-likeness (QED) is 0.281. The predicted octanol–water partition coefficient (Wildman–Crippen LogP) is 1.16. The molecular formula is C18H21F3N4O7. The molecule has 1 aliphatic heterocycles. The highest BCUT2D eigenvalue weighted by atomic mass is 19.4. The topological polar surface area (TPSA) is 149 Å². The lowest BCUT2D eigenvalue weighted by molar-refractivity contribution is -0.384. The SMILES string of the molecule is O=C(CC(CNC(=O)OCc1ccc([N+](=O)[O-])cc1)OC(=O)C(F)(F)F)N[C@H]1CCNC1. The van der Waals surface area contributed by atoms with E-state index in [0.717, 1.165) is 0 Å². The second kappa shape index (κ2) is 11.3.